The Morgan fingerprint density at radius 1 is 1.82 bits per heavy atom. The highest BCUT2D eigenvalue weighted by atomic mass is 16.1. The number of nitrogens with zero attached hydrogens (tertiary/aromatic N) is 3. The van der Waals surface area contributed by atoms with E-state index in [-0.39, 0.29) is 0 Å². The molecule has 0 saturated carbocycles. The molecule has 0 atom stereocenters. The Morgan fingerprint density at radius 3 is 3.00 bits per heavy atom. The molecule has 0 aliphatic rings. The largest absolute Gasteiger partial charge is 0.336 e. The van der Waals surface area contributed by atoms with E-state index in [9.17, 15) is 4.79 Å². The molecule has 11 heavy (non-hydrogen) atoms. The normalized spacial score (nSPS) is 9.27. The van der Waals surface area contributed by atoms with Gasteiger partial charge in [-0.25, -0.2) is 9.78 Å². The second-order valence-corrected chi connectivity index (χ2v) is 2.18. The number of aryl methyl sites for hydroxylation is 2. The Labute approximate surface area is 64.6 Å². The summed E-state index contributed by atoms with van der Waals surface area (Å²) in [6.07, 6.45) is 3.98. The van der Waals surface area contributed by atoms with Gasteiger partial charge in [0.1, 0.15) is 5.82 Å². The van der Waals surface area contributed by atoms with E-state index in [1.54, 1.807) is 6.20 Å². The van der Waals surface area contributed by atoms with Gasteiger partial charge in [0.15, 0.2) is 5.82 Å². The van der Waals surface area contributed by atoms with Crippen molar-refractivity contribution in [3.63, 3.8) is 0 Å². The van der Waals surface area contributed by atoms with Crippen LogP contribution in [-0.4, -0.2) is 15.6 Å². The van der Waals surface area contributed by atoms with E-state index < -0.39 is 0 Å². The minimum atomic E-state index is 0.430. The van der Waals surface area contributed by atoms with Gasteiger partial charge in [0.25, 0.3) is 0 Å². The summed E-state index contributed by atoms with van der Waals surface area (Å²) in [6.45, 7) is 2.00. The summed E-state index contributed by atoms with van der Waals surface area (Å²) in [5, 5.41) is 0. The third-order valence-corrected chi connectivity index (χ3v) is 1.44. The first-order valence-electron chi connectivity index (χ1n) is 3.38. The Balaban J connectivity index is 3.04. The van der Waals surface area contributed by atoms with Crippen LogP contribution < -0.4 is 0 Å². The van der Waals surface area contributed by atoms with Gasteiger partial charge in [-0.1, -0.05) is 6.92 Å². The summed E-state index contributed by atoms with van der Waals surface area (Å²) in [5.74, 6) is 1.35. The van der Waals surface area contributed by atoms with Crippen LogP contribution >= 0.6 is 0 Å². The van der Waals surface area contributed by atoms with Crippen LogP contribution in [0.5, 0.6) is 0 Å². The molecule has 0 radical (unpaired) electrons. The molecule has 0 aromatic carbocycles. The lowest BCUT2D eigenvalue weighted by Crippen LogP contribution is -1.93. The van der Waals surface area contributed by atoms with Crippen LogP contribution in [0.3, 0.4) is 0 Å². The predicted octanol–water partition coefficient (Wildman–Crippen LogP) is 0.950. The molecule has 0 amide bonds. The molecule has 1 aromatic rings. The molecular formula is C7H9N3O. The van der Waals surface area contributed by atoms with Gasteiger partial charge in [-0.05, 0) is 0 Å². The van der Waals surface area contributed by atoms with Crippen molar-refractivity contribution >= 4 is 11.9 Å². The number of rotatable bonds is 2. The minimum Gasteiger partial charge on any atom is -0.336 e. The van der Waals surface area contributed by atoms with Gasteiger partial charge < -0.3 is 4.57 Å². The lowest BCUT2D eigenvalue weighted by molar-refractivity contribution is 0.565. The third-order valence-electron chi connectivity index (χ3n) is 1.44. The highest BCUT2D eigenvalue weighted by molar-refractivity contribution is 5.43. The summed E-state index contributed by atoms with van der Waals surface area (Å²) in [4.78, 5) is 17.3. The first kappa shape index (κ1) is 7.69. The van der Waals surface area contributed by atoms with Gasteiger partial charge in [-0.2, -0.15) is 0 Å². The smallest absolute Gasteiger partial charge is 0.242 e. The van der Waals surface area contributed by atoms with Crippen molar-refractivity contribution < 1.29 is 4.79 Å². The molecule has 1 aromatic heterocycles. The molecule has 4 nitrogen and oxygen atoms in total. The van der Waals surface area contributed by atoms with E-state index in [0.717, 1.165) is 12.2 Å². The molecule has 0 N–H and O–H groups in total. The Hall–Kier alpha value is -1.41. The molecule has 0 spiro atoms. The minimum absolute atomic E-state index is 0.430. The van der Waals surface area contributed by atoms with E-state index in [1.165, 1.54) is 6.08 Å². The van der Waals surface area contributed by atoms with E-state index in [1.807, 2.05) is 18.5 Å². The molecule has 0 unspecified atom stereocenters. The predicted molar refractivity (Wildman–Crippen MR) is 40.4 cm³/mol. The van der Waals surface area contributed by atoms with E-state index in [4.69, 9.17) is 0 Å². The number of hydrogen-bond acceptors (Lipinski definition) is 3. The quantitative estimate of drug-likeness (QED) is 0.466. The maximum Gasteiger partial charge on any atom is 0.242 e. The molecule has 0 aliphatic carbocycles. The number of carbonyl (C=O) groups excluding carboxylic acids is 1. The van der Waals surface area contributed by atoms with Crippen molar-refractivity contribution in [2.24, 2.45) is 12.0 Å². The lowest BCUT2D eigenvalue weighted by atomic mass is 10.5. The highest BCUT2D eigenvalue weighted by Crippen LogP contribution is 2.09. The van der Waals surface area contributed by atoms with Crippen LogP contribution in [0.25, 0.3) is 0 Å². The Bertz CT molecular complexity index is 297. The maximum absolute atomic E-state index is 9.84. The average Bonchev–Trinajstić information content (AvgIpc) is 2.32. The molecule has 0 bridgehead atoms. The molecule has 0 fully saturated rings. The van der Waals surface area contributed by atoms with Crippen molar-refractivity contribution in [3.05, 3.63) is 12.0 Å². The van der Waals surface area contributed by atoms with Gasteiger partial charge in [0, 0.05) is 13.5 Å². The molecule has 58 valence electrons. The standard InChI is InChI=1S/C7H9N3O/c1-3-7-9-6(8-5-11)4-10(7)2/h4H,3H2,1-2H3. The van der Waals surface area contributed by atoms with Crippen LogP contribution in [0.2, 0.25) is 0 Å². The van der Waals surface area contributed by atoms with Crippen LogP contribution in [0.15, 0.2) is 11.2 Å². The monoisotopic (exact) mass is 151 g/mol. The van der Waals surface area contributed by atoms with Crippen molar-refractivity contribution in [1.29, 1.82) is 0 Å². The number of isocyanates is 1. The third kappa shape index (κ3) is 1.53. The van der Waals surface area contributed by atoms with Crippen LogP contribution in [0.4, 0.5) is 5.82 Å². The molecule has 0 saturated heterocycles. The number of aromatic nitrogens is 2. The lowest BCUT2D eigenvalue weighted by Gasteiger charge is -1.92. The summed E-state index contributed by atoms with van der Waals surface area (Å²) in [6, 6.07) is 0. The molecule has 4 heteroatoms. The van der Waals surface area contributed by atoms with Gasteiger partial charge in [-0.15, -0.1) is 4.99 Å². The van der Waals surface area contributed by atoms with E-state index in [2.05, 4.69) is 9.98 Å². The maximum atomic E-state index is 9.84. The van der Waals surface area contributed by atoms with Gasteiger partial charge in [-0.3, -0.25) is 0 Å². The molecule has 1 rings (SSSR count). The molecular weight excluding hydrogens is 142 g/mol. The molecule has 1 heterocycles. The first-order chi connectivity index (χ1) is 5.27. The van der Waals surface area contributed by atoms with Crippen molar-refractivity contribution in [2.45, 2.75) is 13.3 Å². The van der Waals surface area contributed by atoms with Crippen molar-refractivity contribution in [1.82, 2.24) is 9.55 Å². The van der Waals surface area contributed by atoms with Gasteiger partial charge >= 0.3 is 0 Å². The second-order valence-electron chi connectivity index (χ2n) is 2.18. The average molecular weight is 151 g/mol. The zero-order valence-corrected chi connectivity index (χ0v) is 6.53. The summed E-state index contributed by atoms with van der Waals surface area (Å²) in [7, 11) is 1.87. The Kier molecular flexibility index (Phi) is 2.18. The summed E-state index contributed by atoms with van der Waals surface area (Å²) >= 11 is 0. The topological polar surface area (TPSA) is 47.2 Å². The van der Waals surface area contributed by atoms with Crippen molar-refractivity contribution in [2.75, 3.05) is 0 Å². The van der Waals surface area contributed by atoms with Gasteiger partial charge in [0.2, 0.25) is 6.08 Å². The first-order valence-corrected chi connectivity index (χ1v) is 3.38. The highest BCUT2D eigenvalue weighted by Gasteiger charge is 2.00. The van der Waals surface area contributed by atoms with Gasteiger partial charge in [0.05, 0.1) is 6.20 Å². The number of aliphatic imine (C=N–C) groups is 1. The molecule has 0 aliphatic heterocycles. The SMILES string of the molecule is CCc1nc(N=C=O)cn1C. The fraction of sp³-hybridized carbons (Fsp3) is 0.429. The van der Waals surface area contributed by atoms with Crippen LogP contribution in [-0.2, 0) is 18.3 Å². The van der Waals surface area contributed by atoms with Crippen molar-refractivity contribution in [3.8, 4) is 0 Å². The van der Waals surface area contributed by atoms with Crippen LogP contribution in [0.1, 0.15) is 12.7 Å². The number of hydrogen-bond donors (Lipinski definition) is 0. The number of imidazole rings is 1. The second kappa shape index (κ2) is 3.12. The van der Waals surface area contributed by atoms with Crippen LogP contribution in [0, 0.1) is 0 Å². The zero-order chi connectivity index (χ0) is 8.27. The fourth-order valence-corrected chi connectivity index (χ4v) is 0.917. The summed E-state index contributed by atoms with van der Waals surface area (Å²) < 4.78 is 1.84. The zero-order valence-electron chi connectivity index (χ0n) is 6.53. The van der Waals surface area contributed by atoms with E-state index >= 15 is 0 Å². The summed E-state index contributed by atoms with van der Waals surface area (Å²) in [5.41, 5.74) is 0. The van der Waals surface area contributed by atoms with E-state index in [0.29, 0.717) is 5.82 Å². The fourth-order valence-electron chi connectivity index (χ4n) is 0.917. The Morgan fingerprint density at radius 2 is 2.55 bits per heavy atom.